The highest BCUT2D eigenvalue weighted by Crippen LogP contribution is 2.39. The minimum absolute atomic E-state index is 0.0552. The molecule has 1 heterocycles. The molecule has 0 spiro atoms. The summed E-state index contributed by atoms with van der Waals surface area (Å²) >= 11 is 0. The first-order valence-electron chi connectivity index (χ1n) is 11.7. The highest BCUT2D eigenvalue weighted by molar-refractivity contribution is 5.95. The Hall–Kier alpha value is -4.06. The predicted octanol–water partition coefficient (Wildman–Crippen LogP) is 7.97. The molecule has 0 aliphatic rings. The number of fused-ring (bicyclic) bond motifs is 1. The van der Waals surface area contributed by atoms with E-state index in [1.54, 1.807) is 10.7 Å². The molecule has 6 heteroatoms. The standard InChI is InChI=1S/C30H25F3N2O/c1-20-14-15-24(21(2)16-20)18-35-29(26-12-7-13-27(28(26)34-35)30(31,32)33)23-10-6-11-25(17-23)36-19-22-8-4-3-5-9-22/h3-17H,18-19H2,1-2H3. The number of aryl methyl sites for hydroxylation is 2. The van der Waals surface area contributed by atoms with E-state index >= 15 is 0 Å². The van der Waals surface area contributed by atoms with Crippen LogP contribution in [-0.4, -0.2) is 9.78 Å². The van der Waals surface area contributed by atoms with Crippen LogP contribution in [0, 0.1) is 13.8 Å². The molecule has 0 unspecified atom stereocenters. The number of hydrogen-bond acceptors (Lipinski definition) is 2. The van der Waals surface area contributed by atoms with E-state index in [0.29, 0.717) is 30.0 Å². The van der Waals surface area contributed by atoms with Gasteiger partial charge in [0.05, 0.1) is 17.8 Å². The average Bonchev–Trinajstić information content (AvgIpc) is 3.22. The topological polar surface area (TPSA) is 27.1 Å². The van der Waals surface area contributed by atoms with Gasteiger partial charge in [-0.3, -0.25) is 4.68 Å². The Kier molecular flexibility index (Phi) is 6.27. The molecule has 0 aliphatic carbocycles. The second-order valence-corrected chi connectivity index (χ2v) is 8.94. The maximum atomic E-state index is 13.9. The fraction of sp³-hybridized carbons (Fsp3) is 0.167. The van der Waals surface area contributed by atoms with E-state index in [4.69, 9.17) is 4.74 Å². The Morgan fingerprint density at radius 3 is 2.36 bits per heavy atom. The van der Waals surface area contributed by atoms with Crippen molar-refractivity contribution >= 4 is 10.9 Å². The van der Waals surface area contributed by atoms with E-state index < -0.39 is 11.7 Å². The Labute approximate surface area is 207 Å². The van der Waals surface area contributed by atoms with E-state index in [-0.39, 0.29) is 5.52 Å². The van der Waals surface area contributed by atoms with Gasteiger partial charge in [0.25, 0.3) is 0 Å². The summed E-state index contributed by atoms with van der Waals surface area (Å²) in [4.78, 5) is 0. The van der Waals surface area contributed by atoms with Gasteiger partial charge in [-0.25, -0.2) is 0 Å². The van der Waals surface area contributed by atoms with E-state index in [1.807, 2.05) is 80.6 Å². The van der Waals surface area contributed by atoms with Crippen LogP contribution in [0.2, 0.25) is 0 Å². The molecule has 0 atom stereocenters. The number of aromatic nitrogens is 2. The minimum Gasteiger partial charge on any atom is -0.489 e. The molecule has 0 aliphatic heterocycles. The molecular weight excluding hydrogens is 461 g/mol. The number of ether oxygens (including phenoxy) is 1. The molecule has 4 aromatic carbocycles. The molecule has 1 aromatic heterocycles. The van der Waals surface area contributed by atoms with Crippen molar-refractivity contribution in [2.24, 2.45) is 0 Å². The van der Waals surface area contributed by atoms with Crippen molar-refractivity contribution in [2.45, 2.75) is 33.2 Å². The normalized spacial score (nSPS) is 11.7. The van der Waals surface area contributed by atoms with Crippen molar-refractivity contribution < 1.29 is 17.9 Å². The van der Waals surface area contributed by atoms with Gasteiger partial charge in [-0.2, -0.15) is 18.3 Å². The zero-order chi connectivity index (χ0) is 25.3. The first-order chi connectivity index (χ1) is 17.3. The summed E-state index contributed by atoms with van der Waals surface area (Å²) < 4.78 is 49.2. The van der Waals surface area contributed by atoms with Crippen LogP contribution >= 0.6 is 0 Å². The Balaban J connectivity index is 1.61. The van der Waals surface area contributed by atoms with Crippen LogP contribution in [-0.2, 0) is 19.3 Å². The smallest absolute Gasteiger partial charge is 0.418 e. The number of nitrogens with zero attached hydrogens (tertiary/aromatic N) is 2. The summed E-state index contributed by atoms with van der Waals surface area (Å²) in [5.41, 5.74) is 4.80. The second-order valence-electron chi connectivity index (χ2n) is 8.94. The largest absolute Gasteiger partial charge is 0.489 e. The molecule has 182 valence electrons. The summed E-state index contributed by atoms with van der Waals surface area (Å²) in [7, 11) is 0. The minimum atomic E-state index is -4.50. The monoisotopic (exact) mass is 486 g/mol. The van der Waals surface area contributed by atoms with Crippen molar-refractivity contribution in [3.8, 4) is 17.0 Å². The van der Waals surface area contributed by atoms with Crippen LogP contribution < -0.4 is 4.74 Å². The maximum Gasteiger partial charge on any atom is 0.418 e. The molecule has 0 N–H and O–H groups in total. The fourth-order valence-corrected chi connectivity index (χ4v) is 4.46. The number of benzene rings is 4. The highest BCUT2D eigenvalue weighted by Gasteiger charge is 2.34. The van der Waals surface area contributed by atoms with E-state index in [1.165, 1.54) is 6.07 Å². The van der Waals surface area contributed by atoms with Crippen molar-refractivity contribution in [3.63, 3.8) is 0 Å². The van der Waals surface area contributed by atoms with Gasteiger partial charge in [0.1, 0.15) is 17.9 Å². The molecule has 5 aromatic rings. The van der Waals surface area contributed by atoms with Crippen molar-refractivity contribution in [1.29, 1.82) is 0 Å². The summed E-state index contributed by atoms with van der Waals surface area (Å²) in [6.07, 6.45) is -4.50. The summed E-state index contributed by atoms with van der Waals surface area (Å²) in [6, 6.07) is 27.5. The van der Waals surface area contributed by atoms with Gasteiger partial charge in [0.15, 0.2) is 0 Å². The number of hydrogen-bond donors (Lipinski definition) is 0. The van der Waals surface area contributed by atoms with E-state index in [2.05, 4.69) is 11.2 Å². The summed E-state index contributed by atoms with van der Waals surface area (Å²) in [5, 5.41) is 4.95. The van der Waals surface area contributed by atoms with Crippen molar-refractivity contribution in [2.75, 3.05) is 0 Å². The van der Waals surface area contributed by atoms with Gasteiger partial charge in [0.2, 0.25) is 0 Å². The Bertz CT molecular complexity index is 1520. The van der Waals surface area contributed by atoms with Gasteiger partial charge < -0.3 is 4.74 Å². The van der Waals surface area contributed by atoms with Crippen LogP contribution in [0.3, 0.4) is 0 Å². The van der Waals surface area contributed by atoms with Crippen LogP contribution in [0.1, 0.15) is 27.8 Å². The van der Waals surface area contributed by atoms with Crippen molar-refractivity contribution in [3.05, 3.63) is 119 Å². The third-order valence-electron chi connectivity index (χ3n) is 6.25. The number of halogens is 3. The quantitative estimate of drug-likeness (QED) is 0.243. The lowest BCUT2D eigenvalue weighted by Crippen LogP contribution is -2.07. The van der Waals surface area contributed by atoms with Crippen LogP contribution in [0.4, 0.5) is 13.2 Å². The molecule has 0 fully saturated rings. The molecule has 0 saturated carbocycles. The molecule has 3 nitrogen and oxygen atoms in total. The third kappa shape index (κ3) is 4.85. The van der Waals surface area contributed by atoms with E-state index in [0.717, 1.165) is 33.9 Å². The third-order valence-corrected chi connectivity index (χ3v) is 6.25. The fourth-order valence-electron chi connectivity index (χ4n) is 4.46. The Morgan fingerprint density at radius 1 is 0.833 bits per heavy atom. The lowest BCUT2D eigenvalue weighted by molar-refractivity contribution is -0.136. The lowest BCUT2D eigenvalue weighted by Gasteiger charge is -2.13. The van der Waals surface area contributed by atoms with Crippen LogP contribution in [0.25, 0.3) is 22.2 Å². The highest BCUT2D eigenvalue weighted by atomic mass is 19.4. The molecule has 0 saturated heterocycles. The van der Waals surface area contributed by atoms with Gasteiger partial charge in [-0.1, -0.05) is 78.4 Å². The molecule has 36 heavy (non-hydrogen) atoms. The molecule has 0 bridgehead atoms. The van der Waals surface area contributed by atoms with E-state index in [9.17, 15) is 13.2 Å². The summed E-state index contributed by atoms with van der Waals surface area (Å²) in [5.74, 6) is 0.635. The SMILES string of the molecule is Cc1ccc(Cn2nc3c(C(F)(F)F)cccc3c2-c2cccc(OCc3ccccc3)c2)c(C)c1. The first kappa shape index (κ1) is 23.7. The zero-order valence-electron chi connectivity index (χ0n) is 20.0. The second kappa shape index (κ2) is 9.53. The van der Waals surface area contributed by atoms with Gasteiger partial charge >= 0.3 is 6.18 Å². The van der Waals surface area contributed by atoms with Crippen LogP contribution in [0.15, 0.2) is 91.0 Å². The number of rotatable bonds is 6. The van der Waals surface area contributed by atoms with Gasteiger partial charge in [-0.15, -0.1) is 0 Å². The molecular formula is C30H25F3N2O. The Morgan fingerprint density at radius 2 is 1.61 bits per heavy atom. The van der Waals surface area contributed by atoms with Gasteiger partial charge in [-0.05, 0) is 48.7 Å². The van der Waals surface area contributed by atoms with Crippen molar-refractivity contribution in [1.82, 2.24) is 9.78 Å². The molecule has 0 radical (unpaired) electrons. The summed E-state index contributed by atoms with van der Waals surface area (Å²) in [6.45, 7) is 4.76. The first-order valence-corrected chi connectivity index (χ1v) is 11.7. The maximum absolute atomic E-state index is 13.9. The molecule has 0 amide bonds. The zero-order valence-corrected chi connectivity index (χ0v) is 20.0. The number of alkyl halides is 3. The van der Waals surface area contributed by atoms with Gasteiger partial charge in [0, 0.05) is 10.9 Å². The predicted molar refractivity (Wildman–Crippen MR) is 136 cm³/mol. The lowest BCUT2D eigenvalue weighted by atomic mass is 10.0. The molecule has 5 rings (SSSR count). The van der Waals surface area contributed by atoms with Crippen LogP contribution in [0.5, 0.6) is 5.75 Å². The average molecular weight is 487 g/mol.